The van der Waals surface area contributed by atoms with Gasteiger partial charge in [-0.05, 0) is 36.6 Å². The SMILES string of the molecule is Cc1cccc(C)c1CC(=O)c1cncc(F)c1. The number of carbonyl (C=O) groups is 1. The number of benzene rings is 1. The summed E-state index contributed by atoms with van der Waals surface area (Å²) in [6, 6.07) is 7.13. The summed E-state index contributed by atoms with van der Waals surface area (Å²) < 4.78 is 13.0. The first-order chi connectivity index (χ1) is 8.58. The lowest BCUT2D eigenvalue weighted by molar-refractivity contribution is 0.0991. The summed E-state index contributed by atoms with van der Waals surface area (Å²) >= 11 is 0. The first-order valence-corrected chi connectivity index (χ1v) is 5.77. The summed E-state index contributed by atoms with van der Waals surface area (Å²) in [5.74, 6) is -0.596. The molecular weight excluding hydrogens is 229 g/mol. The van der Waals surface area contributed by atoms with Gasteiger partial charge in [-0.1, -0.05) is 18.2 Å². The van der Waals surface area contributed by atoms with Crippen molar-refractivity contribution in [2.45, 2.75) is 20.3 Å². The summed E-state index contributed by atoms with van der Waals surface area (Å²) in [5.41, 5.74) is 3.48. The molecular formula is C15H14FNO. The second-order valence-corrected chi connectivity index (χ2v) is 4.36. The maximum Gasteiger partial charge on any atom is 0.168 e. The second-order valence-electron chi connectivity index (χ2n) is 4.36. The zero-order valence-corrected chi connectivity index (χ0v) is 10.4. The van der Waals surface area contributed by atoms with Crippen LogP contribution < -0.4 is 0 Å². The summed E-state index contributed by atoms with van der Waals surface area (Å²) in [6.07, 6.45) is 2.78. The highest BCUT2D eigenvalue weighted by Crippen LogP contribution is 2.16. The van der Waals surface area contributed by atoms with Crippen LogP contribution in [0, 0.1) is 19.7 Å². The number of carbonyl (C=O) groups excluding carboxylic acids is 1. The molecule has 2 rings (SSSR count). The lowest BCUT2D eigenvalue weighted by Gasteiger charge is -2.08. The molecule has 0 saturated heterocycles. The van der Waals surface area contributed by atoms with Gasteiger partial charge in [0.2, 0.25) is 0 Å². The topological polar surface area (TPSA) is 30.0 Å². The van der Waals surface area contributed by atoms with Crippen LogP contribution in [-0.2, 0) is 6.42 Å². The minimum Gasteiger partial charge on any atom is -0.294 e. The predicted molar refractivity (Wildman–Crippen MR) is 68.1 cm³/mol. The number of aryl methyl sites for hydroxylation is 2. The van der Waals surface area contributed by atoms with Gasteiger partial charge in [0.25, 0.3) is 0 Å². The van der Waals surface area contributed by atoms with Crippen molar-refractivity contribution in [3.8, 4) is 0 Å². The van der Waals surface area contributed by atoms with Gasteiger partial charge in [-0.3, -0.25) is 9.78 Å². The molecule has 0 bridgehead atoms. The molecule has 0 spiro atoms. The maximum absolute atomic E-state index is 13.0. The summed E-state index contributed by atoms with van der Waals surface area (Å²) in [7, 11) is 0. The highest BCUT2D eigenvalue weighted by atomic mass is 19.1. The monoisotopic (exact) mass is 243 g/mol. The van der Waals surface area contributed by atoms with E-state index in [9.17, 15) is 9.18 Å². The van der Waals surface area contributed by atoms with Crippen LogP contribution in [0.3, 0.4) is 0 Å². The standard InChI is InChI=1S/C15H14FNO/c1-10-4-3-5-11(2)14(10)7-15(18)12-6-13(16)9-17-8-12/h3-6,8-9H,7H2,1-2H3. The van der Waals surface area contributed by atoms with E-state index >= 15 is 0 Å². The van der Waals surface area contributed by atoms with Gasteiger partial charge in [-0.15, -0.1) is 0 Å². The number of rotatable bonds is 3. The third-order valence-corrected chi connectivity index (χ3v) is 3.01. The molecule has 0 radical (unpaired) electrons. The van der Waals surface area contributed by atoms with Crippen LogP contribution in [-0.4, -0.2) is 10.8 Å². The lowest BCUT2D eigenvalue weighted by atomic mass is 9.96. The lowest BCUT2D eigenvalue weighted by Crippen LogP contribution is -2.07. The number of halogens is 1. The number of hydrogen-bond acceptors (Lipinski definition) is 2. The first kappa shape index (κ1) is 12.4. The molecule has 1 aromatic heterocycles. The Balaban J connectivity index is 2.27. The Hall–Kier alpha value is -2.03. The zero-order valence-electron chi connectivity index (χ0n) is 10.4. The Labute approximate surface area is 105 Å². The van der Waals surface area contributed by atoms with E-state index in [0.717, 1.165) is 22.9 Å². The molecule has 0 unspecified atom stereocenters. The molecule has 2 aromatic rings. The summed E-state index contributed by atoms with van der Waals surface area (Å²) in [4.78, 5) is 15.8. The molecule has 3 heteroatoms. The van der Waals surface area contributed by atoms with Gasteiger partial charge in [0.1, 0.15) is 5.82 Å². The first-order valence-electron chi connectivity index (χ1n) is 5.77. The molecule has 92 valence electrons. The smallest absolute Gasteiger partial charge is 0.168 e. The number of Topliss-reactive ketones (excluding diaryl/α,β-unsaturated/α-hetero) is 1. The average molecular weight is 243 g/mol. The molecule has 0 aliphatic carbocycles. The van der Waals surface area contributed by atoms with Crippen LogP contribution in [0.15, 0.2) is 36.7 Å². The predicted octanol–water partition coefficient (Wildman–Crippen LogP) is 3.26. The summed E-state index contributed by atoms with van der Waals surface area (Å²) in [5, 5.41) is 0. The molecule has 1 heterocycles. The minimum absolute atomic E-state index is 0.112. The molecule has 0 N–H and O–H groups in total. The molecule has 0 aliphatic rings. The average Bonchev–Trinajstić information content (AvgIpc) is 2.34. The van der Waals surface area contributed by atoms with Crippen LogP contribution in [0.4, 0.5) is 4.39 Å². The fraction of sp³-hybridized carbons (Fsp3) is 0.200. The van der Waals surface area contributed by atoms with E-state index in [2.05, 4.69) is 4.98 Å². The molecule has 0 amide bonds. The van der Waals surface area contributed by atoms with Gasteiger partial charge >= 0.3 is 0 Å². The molecule has 0 atom stereocenters. The molecule has 1 aromatic carbocycles. The zero-order chi connectivity index (χ0) is 13.1. The third-order valence-electron chi connectivity index (χ3n) is 3.01. The number of nitrogens with zero attached hydrogens (tertiary/aromatic N) is 1. The van der Waals surface area contributed by atoms with Crippen LogP contribution in [0.25, 0.3) is 0 Å². The van der Waals surface area contributed by atoms with Crippen molar-refractivity contribution >= 4 is 5.78 Å². The molecule has 18 heavy (non-hydrogen) atoms. The molecule has 0 saturated carbocycles. The maximum atomic E-state index is 13.0. The van der Waals surface area contributed by atoms with E-state index in [-0.39, 0.29) is 12.2 Å². The fourth-order valence-electron chi connectivity index (χ4n) is 1.95. The van der Waals surface area contributed by atoms with Crippen molar-refractivity contribution in [1.82, 2.24) is 4.98 Å². The van der Waals surface area contributed by atoms with E-state index in [1.54, 1.807) is 0 Å². The van der Waals surface area contributed by atoms with Crippen molar-refractivity contribution in [2.24, 2.45) is 0 Å². The second kappa shape index (κ2) is 5.08. The minimum atomic E-state index is -0.484. The van der Waals surface area contributed by atoms with Crippen LogP contribution in [0.5, 0.6) is 0 Å². The Morgan fingerprint density at radius 2 is 1.89 bits per heavy atom. The molecule has 2 nitrogen and oxygen atoms in total. The number of pyridine rings is 1. The van der Waals surface area contributed by atoms with Gasteiger partial charge in [0, 0.05) is 18.2 Å². The number of aromatic nitrogens is 1. The molecule has 0 fully saturated rings. The number of hydrogen-bond donors (Lipinski definition) is 0. The Morgan fingerprint density at radius 3 is 2.50 bits per heavy atom. The van der Waals surface area contributed by atoms with E-state index < -0.39 is 5.82 Å². The van der Waals surface area contributed by atoms with Gasteiger partial charge in [0.15, 0.2) is 5.78 Å². The highest BCUT2D eigenvalue weighted by molar-refractivity contribution is 5.97. The largest absolute Gasteiger partial charge is 0.294 e. The normalized spacial score (nSPS) is 10.4. The van der Waals surface area contributed by atoms with Crippen molar-refractivity contribution in [3.05, 3.63) is 64.7 Å². The Morgan fingerprint density at radius 1 is 1.22 bits per heavy atom. The Kier molecular flexibility index (Phi) is 3.51. The van der Waals surface area contributed by atoms with Crippen molar-refractivity contribution in [2.75, 3.05) is 0 Å². The van der Waals surface area contributed by atoms with Crippen molar-refractivity contribution < 1.29 is 9.18 Å². The van der Waals surface area contributed by atoms with E-state index in [1.165, 1.54) is 12.3 Å². The quantitative estimate of drug-likeness (QED) is 0.774. The van der Waals surface area contributed by atoms with Gasteiger partial charge in [0.05, 0.1) is 6.20 Å². The van der Waals surface area contributed by atoms with Gasteiger partial charge < -0.3 is 0 Å². The van der Waals surface area contributed by atoms with E-state index in [1.807, 2.05) is 32.0 Å². The van der Waals surface area contributed by atoms with Gasteiger partial charge in [-0.2, -0.15) is 0 Å². The third kappa shape index (κ3) is 2.62. The van der Waals surface area contributed by atoms with Crippen molar-refractivity contribution in [3.63, 3.8) is 0 Å². The Bertz CT molecular complexity index is 573. The molecule has 0 aliphatic heterocycles. The van der Waals surface area contributed by atoms with Crippen LogP contribution in [0.1, 0.15) is 27.0 Å². The van der Waals surface area contributed by atoms with E-state index in [4.69, 9.17) is 0 Å². The van der Waals surface area contributed by atoms with Gasteiger partial charge in [-0.25, -0.2) is 4.39 Å². The fourth-order valence-corrected chi connectivity index (χ4v) is 1.95. The van der Waals surface area contributed by atoms with Crippen LogP contribution in [0.2, 0.25) is 0 Å². The van der Waals surface area contributed by atoms with Crippen LogP contribution >= 0.6 is 0 Å². The number of ketones is 1. The highest BCUT2D eigenvalue weighted by Gasteiger charge is 2.11. The summed E-state index contributed by atoms with van der Waals surface area (Å²) in [6.45, 7) is 3.94. The van der Waals surface area contributed by atoms with E-state index in [0.29, 0.717) is 5.56 Å². The van der Waals surface area contributed by atoms with Crippen molar-refractivity contribution in [1.29, 1.82) is 0 Å².